The van der Waals surface area contributed by atoms with Gasteiger partial charge in [-0.1, -0.05) is 21.8 Å². The maximum Gasteiger partial charge on any atom is 0.229 e. The standard InChI is InChI=1S/C34H45BrN9OP/c1-22(2)24-19-28(30(45-4)20-29(24)44-13-9-23(10-14-44)43-17-15-42(3)16-18-43)40-34-38-21-25(35)33(41-34)39-27-8-7-26-31(32(27)46(5)6)37-12-11-36-26/h7-8,11-12,19-23H,9-10,13-18H2,1-6H3,(H2,38,39,40,41). The van der Waals surface area contributed by atoms with Gasteiger partial charge < -0.3 is 25.2 Å². The fourth-order valence-electron chi connectivity index (χ4n) is 6.59. The Morgan fingerprint density at radius 3 is 2.37 bits per heavy atom. The van der Waals surface area contributed by atoms with Crippen molar-refractivity contribution >= 4 is 69.0 Å². The molecule has 2 fully saturated rings. The summed E-state index contributed by atoms with van der Waals surface area (Å²) in [7, 11) is 3.49. The zero-order valence-electron chi connectivity index (χ0n) is 27.7. The minimum Gasteiger partial charge on any atom is -0.494 e. The molecule has 2 saturated heterocycles. The van der Waals surface area contributed by atoms with Crippen LogP contribution in [0, 0.1) is 0 Å². The van der Waals surface area contributed by atoms with Crippen LogP contribution in [0.5, 0.6) is 5.75 Å². The minimum absolute atomic E-state index is 0.340. The molecule has 0 unspecified atom stereocenters. The van der Waals surface area contributed by atoms with Crippen molar-refractivity contribution in [3.8, 4) is 5.75 Å². The number of ether oxygens (including phenoxy) is 1. The number of likely N-dealkylation sites (N-methyl/N-ethyl adjacent to an activating group) is 1. The predicted molar refractivity (Wildman–Crippen MR) is 196 cm³/mol. The first-order valence-corrected chi connectivity index (χ1v) is 19.1. The summed E-state index contributed by atoms with van der Waals surface area (Å²) in [5.41, 5.74) is 6.17. The average Bonchev–Trinajstić information content (AvgIpc) is 3.06. The van der Waals surface area contributed by atoms with Crippen LogP contribution in [0.15, 0.2) is 47.3 Å². The molecule has 0 aliphatic carbocycles. The van der Waals surface area contributed by atoms with Crippen LogP contribution in [0.25, 0.3) is 11.0 Å². The van der Waals surface area contributed by atoms with Crippen LogP contribution >= 0.6 is 23.9 Å². The van der Waals surface area contributed by atoms with E-state index in [4.69, 9.17) is 9.72 Å². The second-order valence-electron chi connectivity index (χ2n) is 12.7. The van der Waals surface area contributed by atoms with Crippen LogP contribution in [0.3, 0.4) is 0 Å². The smallest absolute Gasteiger partial charge is 0.229 e. The third-order valence-electron chi connectivity index (χ3n) is 9.13. The normalized spacial score (nSPS) is 16.8. The van der Waals surface area contributed by atoms with Gasteiger partial charge in [-0.3, -0.25) is 14.9 Å². The van der Waals surface area contributed by atoms with Gasteiger partial charge in [0.05, 0.1) is 28.3 Å². The van der Waals surface area contributed by atoms with E-state index in [-0.39, 0.29) is 0 Å². The summed E-state index contributed by atoms with van der Waals surface area (Å²) in [5.74, 6) is 2.27. The van der Waals surface area contributed by atoms with Gasteiger partial charge in [-0.2, -0.15) is 4.98 Å². The highest BCUT2D eigenvalue weighted by Gasteiger charge is 2.28. The van der Waals surface area contributed by atoms with Gasteiger partial charge in [0.25, 0.3) is 0 Å². The molecule has 0 spiro atoms. The second-order valence-corrected chi connectivity index (χ2v) is 15.8. The molecule has 2 aromatic heterocycles. The molecule has 2 aliphatic rings. The Balaban J connectivity index is 1.23. The Kier molecular flexibility index (Phi) is 10.2. The maximum absolute atomic E-state index is 5.95. The number of nitrogens with zero attached hydrogens (tertiary/aromatic N) is 7. The summed E-state index contributed by atoms with van der Waals surface area (Å²) in [6.07, 6.45) is 7.63. The van der Waals surface area contributed by atoms with E-state index in [0.717, 1.165) is 51.0 Å². The summed E-state index contributed by atoms with van der Waals surface area (Å²) in [6, 6.07) is 9.13. The van der Waals surface area contributed by atoms with Gasteiger partial charge in [0.2, 0.25) is 5.95 Å². The SMILES string of the molecule is COc1cc(N2CCC(N3CCN(C)CC3)CC2)c(C(C)C)cc1Nc1ncc(Br)c(Nc2ccc3nccnc3c2P(C)C)n1. The summed E-state index contributed by atoms with van der Waals surface area (Å²) < 4.78 is 6.72. The first-order chi connectivity index (χ1) is 22.2. The highest BCUT2D eigenvalue weighted by molar-refractivity contribution is 9.10. The molecule has 12 heteroatoms. The zero-order chi connectivity index (χ0) is 32.4. The fraction of sp³-hybridized carbons (Fsp3) is 0.471. The first-order valence-electron chi connectivity index (χ1n) is 16.1. The Hall–Kier alpha value is -3.11. The van der Waals surface area contributed by atoms with E-state index in [1.165, 1.54) is 50.3 Å². The molecule has 10 nitrogen and oxygen atoms in total. The summed E-state index contributed by atoms with van der Waals surface area (Å²) in [4.78, 5) is 26.3. The van der Waals surface area contributed by atoms with Gasteiger partial charge in [0, 0.05) is 86.6 Å². The summed E-state index contributed by atoms with van der Waals surface area (Å²) in [6.45, 7) is 15.8. The highest BCUT2D eigenvalue weighted by Crippen LogP contribution is 2.40. The van der Waals surface area contributed by atoms with Crippen LogP contribution in [-0.2, 0) is 0 Å². The number of piperazine rings is 1. The Morgan fingerprint density at radius 2 is 1.67 bits per heavy atom. The molecular weight excluding hydrogens is 661 g/mol. The van der Waals surface area contributed by atoms with Gasteiger partial charge in [-0.05, 0) is 78.8 Å². The third-order valence-corrected chi connectivity index (χ3v) is 11.1. The number of rotatable bonds is 9. The largest absolute Gasteiger partial charge is 0.494 e. The van der Waals surface area contributed by atoms with Gasteiger partial charge in [-0.15, -0.1) is 0 Å². The molecule has 0 saturated carbocycles. The molecule has 244 valence electrons. The molecular formula is C34H45BrN9OP. The first kappa shape index (κ1) is 32.8. The van der Waals surface area contributed by atoms with E-state index in [1.807, 2.05) is 6.07 Å². The van der Waals surface area contributed by atoms with Crippen LogP contribution < -0.4 is 25.6 Å². The molecule has 0 radical (unpaired) electrons. The monoisotopic (exact) mass is 705 g/mol. The number of fused-ring (bicyclic) bond motifs is 1. The number of methoxy groups -OCH3 is 1. The van der Waals surface area contributed by atoms with Gasteiger partial charge >= 0.3 is 0 Å². The van der Waals surface area contributed by atoms with E-state index in [0.29, 0.717) is 23.7 Å². The maximum atomic E-state index is 5.95. The molecule has 0 bridgehead atoms. The Labute approximate surface area is 282 Å². The highest BCUT2D eigenvalue weighted by atomic mass is 79.9. The van der Waals surface area contributed by atoms with Crippen LogP contribution in [-0.4, -0.2) is 103 Å². The van der Waals surface area contributed by atoms with Crippen molar-refractivity contribution in [3.05, 3.63) is 52.9 Å². The van der Waals surface area contributed by atoms with Crippen LogP contribution in [0.2, 0.25) is 0 Å². The predicted octanol–water partition coefficient (Wildman–Crippen LogP) is 6.38. The average molecular weight is 707 g/mol. The number of benzene rings is 2. The van der Waals surface area contributed by atoms with E-state index >= 15 is 0 Å². The fourth-order valence-corrected chi connectivity index (χ4v) is 8.08. The lowest BCUT2D eigenvalue weighted by Crippen LogP contribution is -2.52. The number of piperidine rings is 1. The lowest BCUT2D eigenvalue weighted by atomic mass is 9.96. The molecule has 2 aliphatic heterocycles. The van der Waals surface area contributed by atoms with E-state index < -0.39 is 7.92 Å². The molecule has 0 amide bonds. The molecule has 46 heavy (non-hydrogen) atoms. The third kappa shape index (κ3) is 7.08. The molecule has 0 atom stereocenters. The number of hydrogen-bond acceptors (Lipinski definition) is 10. The zero-order valence-corrected chi connectivity index (χ0v) is 30.2. The lowest BCUT2D eigenvalue weighted by molar-refractivity contribution is 0.0982. The van der Waals surface area contributed by atoms with Crippen LogP contribution in [0.4, 0.5) is 28.8 Å². The van der Waals surface area contributed by atoms with Gasteiger partial charge in [-0.25, -0.2) is 4.98 Å². The van der Waals surface area contributed by atoms with Crippen molar-refractivity contribution in [2.24, 2.45) is 0 Å². The lowest BCUT2D eigenvalue weighted by Gasteiger charge is -2.43. The molecule has 2 N–H and O–H groups in total. The second kappa shape index (κ2) is 14.3. The minimum atomic E-state index is -0.467. The number of anilines is 5. The van der Waals surface area contributed by atoms with Crippen molar-refractivity contribution in [1.29, 1.82) is 0 Å². The molecule has 4 aromatic rings. The number of hydrogen-bond donors (Lipinski definition) is 2. The molecule has 6 rings (SSSR count). The van der Waals surface area contributed by atoms with Crippen molar-refractivity contribution in [2.45, 2.75) is 38.6 Å². The molecule has 4 heterocycles. The van der Waals surface area contributed by atoms with E-state index in [9.17, 15) is 0 Å². The van der Waals surface area contributed by atoms with Crippen molar-refractivity contribution in [1.82, 2.24) is 29.7 Å². The Morgan fingerprint density at radius 1 is 0.935 bits per heavy atom. The quantitative estimate of drug-likeness (QED) is 0.191. The van der Waals surface area contributed by atoms with Crippen LogP contribution in [0.1, 0.15) is 38.2 Å². The summed E-state index contributed by atoms with van der Waals surface area (Å²) >= 11 is 3.66. The van der Waals surface area contributed by atoms with E-state index in [1.54, 1.807) is 25.7 Å². The van der Waals surface area contributed by atoms with Gasteiger partial charge in [0.15, 0.2) is 0 Å². The topological polar surface area (TPSA) is 94.6 Å². The number of halogens is 1. The van der Waals surface area contributed by atoms with E-state index in [2.05, 4.69) is 109 Å². The van der Waals surface area contributed by atoms with Crippen molar-refractivity contribution in [3.63, 3.8) is 0 Å². The van der Waals surface area contributed by atoms with Crippen molar-refractivity contribution < 1.29 is 4.74 Å². The summed E-state index contributed by atoms with van der Waals surface area (Å²) in [5, 5.41) is 8.17. The number of nitrogens with one attached hydrogen (secondary N) is 2. The Bertz CT molecular complexity index is 1670. The molecule has 2 aromatic carbocycles. The van der Waals surface area contributed by atoms with Gasteiger partial charge in [0.1, 0.15) is 11.6 Å². The van der Waals surface area contributed by atoms with Crippen molar-refractivity contribution in [2.75, 3.05) is 82.3 Å². The number of aromatic nitrogens is 4.